The van der Waals surface area contributed by atoms with Crippen molar-refractivity contribution in [2.24, 2.45) is 0 Å². The molecule has 0 saturated carbocycles. The quantitative estimate of drug-likeness (QED) is 0.941. The summed E-state index contributed by atoms with van der Waals surface area (Å²) in [4.78, 5) is 14.2. The van der Waals surface area contributed by atoms with Crippen LogP contribution in [0.25, 0.3) is 0 Å². The first-order valence-electron chi connectivity index (χ1n) is 7.98. The van der Waals surface area contributed by atoms with E-state index < -0.39 is 12.2 Å². The van der Waals surface area contributed by atoms with E-state index >= 15 is 0 Å². The van der Waals surface area contributed by atoms with Crippen LogP contribution < -0.4 is 5.32 Å². The van der Waals surface area contributed by atoms with E-state index in [1.54, 1.807) is 12.1 Å². The molecule has 2 aromatic rings. The van der Waals surface area contributed by atoms with Crippen molar-refractivity contribution in [2.45, 2.75) is 25.2 Å². The third-order valence-corrected chi connectivity index (χ3v) is 4.23. The highest BCUT2D eigenvalue weighted by Gasteiger charge is 2.30. The predicted molar refractivity (Wildman–Crippen MR) is 88.9 cm³/mol. The average Bonchev–Trinajstić information content (AvgIpc) is 2.59. The first kappa shape index (κ1) is 15.7. The first-order chi connectivity index (χ1) is 11.2. The summed E-state index contributed by atoms with van der Waals surface area (Å²) in [5.74, 6) is -0.199. The fourth-order valence-corrected chi connectivity index (χ4v) is 2.96. The number of benzene rings is 2. The molecule has 1 fully saturated rings. The third-order valence-electron chi connectivity index (χ3n) is 4.23. The van der Waals surface area contributed by atoms with E-state index in [4.69, 9.17) is 0 Å². The molecule has 0 aliphatic carbocycles. The molecule has 1 aliphatic heterocycles. The van der Waals surface area contributed by atoms with Crippen LogP contribution in [0.1, 0.15) is 22.3 Å². The lowest BCUT2D eigenvalue weighted by atomic mass is 10.0. The lowest BCUT2D eigenvalue weighted by Crippen LogP contribution is -2.52. The Kier molecular flexibility index (Phi) is 5.03. The normalized spacial score (nSPS) is 21.8. The van der Waals surface area contributed by atoms with Crippen molar-refractivity contribution in [3.63, 3.8) is 0 Å². The molecule has 2 atom stereocenters. The second-order valence-electron chi connectivity index (χ2n) is 5.97. The molecule has 0 spiro atoms. The molecule has 1 aliphatic rings. The fraction of sp³-hybridized carbons (Fsp3) is 0.316. The van der Waals surface area contributed by atoms with E-state index in [-0.39, 0.29) is 5.91 Å². The number of hydrogen-bond donors (Lipinski definition) is 1. The molecule has 1 heterocycles. The van der Waals surface area contributed by atoms with Gasteiger partial charge in [0.2, 0.25) is 0 Å². The Balaban J connectivity index is 1.53. The molecule has 3 rings (SSSR count). The van der Waals surface area contributed by atoms with Crippen molar-refractivity contribution < 1.29 is 9.18 Å². The average molecular weight is 312 g/mol. The molecule has 1 N–H and O–H groups in total. The van der Waals surface area contributed by atoms with Crippen LogP contribution in [-0.4, -0.2) is 36.1 Å². The monoisotopic (exact) mass is 312 g/mol. The lowest BCUT2D eigenvalue weighted by molar-refractivity contribution is 0.0761. The van der Waals surface area contributed by atoms with E-state index in [1.807, 2.05) is 36.4 Å². The van der Waals surface area contributed by atoms with Crippen molar-refractivity contribution in [1.82, 2.24) is 10.2 Å². The molecule has 0 unspecified atom stereocenters. The highest BCUT2D eigenvalue weighted by atomic mass is 19.1. The standard InChI is InChI=1S/C19H21FN2O/c20-17-14-22(13-15-7-3-1-4-8-15)12-11-18(17)21-19(23)16-9-5-2-6-10-16/h1-10,17-18H,11-14H2,(H,21,23)/t17-,18+/m0/s1. The summed E-state index contributed by atoms with van der Waals surface area (Å²) in [7, 11) is 0. The molecule has 4 heteroatoms. The van der Waals surface area contributed by atoms with Crippen LogP contribution in [0.5, 0.6) is 0 Å². The van der Waals surface area contributed by atoms with Gasteiger partial charge in [-0.15, -0.1) is 0 Å². The van der Waals surface area contributed by atoms with Crippen molar-refractivity contribution in [3.8, 4) is 0 Å². The van der Waals surface area contributed by atoms with E-state index in [0.717, 1.165) is 13.1 Å². The summed E-state index contributed by atoms with van der Waals surface area (Å²) < 4.78 is 14.4. The molecule has 2 aromatic carbocycles. The van der Waals surface area contributed by atoms with Gasteiger partial charge in [-0.1, -0.05) is 48.5 Å². The molecule has 3 nitrogen and oxygen atoms in total. The number of hydrogen-bond acceptors (Lipinski definition) is 2. The second-order valence-corrected chi connectivity index (χ2v) is 5.97. The summed E-state index contributed by atoms with van der Waals surface area (Å²) in [6.07, 6.45) is -0.410. The highest BCUT2D eigenvalue weighted by Crippen LogP contribution is 2.17. The number of halogens is 1. The number of carbonyl (C=O) groups is 1. The highest BCUT2D eigenvalue weighted by molar-refractivity contribution is 5.94. The number of amides is 1. The van der Waals surface area contributed by atoms with E-state index in [0.29, 0.717) is 18.5 Å². The van der Waals surface area contributed by atoms with Gasteiger partial charge in [-0.2, -0.15) is 0 Å². The van der Waals surface area contributed by atoms with E-state index in [1.165, 1.54) is 5.56 Å². The first-order valence-corrected chi connectivity index (χ1v) is 7.98. The van der Waals surface area contributed by atoms with Crippen LogP contribution in [0, 0.1) is 0 Å². The van der Waals surface area contributed by atoms with Crippen LogP contribution in [0.3, 0.4) is 0 Å². The minimum Gasteiger partial charge on any atom is -0.346 e. The predicted octanol–water partition coefficient (Wildman–Crippen LogP) is 3.03. The number of likely N-dealkylation sites (tertiary alicyclic amines) is 1. The van der Waals surface area contributed by atoms with Crippen LogP contribution in [0.2, 0.25) is 0 Å². The number of alkyl halides is 1. The maximum Gasteiger partial charge on any atom is 0.251 e. The molecule has 1 amide bonds. The van der Waals surface area contributed by atoms with Crippen LogP contribution >= 0.6 is 0 Å². The van der Waals surface area contributed by atoms with Gasteiger partial charge in [0, 0.05) is 25.2 Å². The Morgan fingerprint density at radius 2 is 1.74 bits per heavy atom. The molecule has 120 valence electrons. The maximum atomic E-state index is 14.4. The Morgan fingerprint density at radius 3 is 2.39 bits per heavy atom. The van der Waals surface area contributed by atoms with Gasteiger partial charge in [-0.3, -0.25) is 9.69 Å². The Bertz CT molecular complexity index is 632. The minimum atomic E-state index is -1.04. The SMILES string of the molecule is O=C(N[C@@H]1CCN(Cc2ccccc2)C[C@@H]1F)c1ccccc1. The number of nitrogens with zero attached hydrogens (tertiary/aromatic N) is 1. The van der Waals surface area contributed by atoms with Crippen molar-refractivity contribution >= 4 is 5.91 Å². The zero-order valence-corrected chi connectivity index (χ0v) is 13.0. The number of rotatable bonds is 4. The van der Waals surface area contributed by atoms with Crippen LogP contribution in [0.15, 0.2) is 60.7 Å². The number of piperidine rings is 1. The van der Waals surface area contributed by atoms with E-state index in [9.17, 15) is 9.18 Å². The molecule has 0 bridgehead atoms. The summed E-state index contributed by atoms with van der Waals surface area (Å²) in [5.41, 5.74) is 1.76. The Labute approximate surface area is 136 Å². The van der Waals surface area contributed by atoms with Gasteiger partial charge in [0.25, 0.3) is 5.91 Å². The molecule has 0 radical (unpaired) electrons. The molecular formula is C19H21FN2O. The van der Waals surface area contributed by atoms with Gasteiger partial charge in [-0.05, 0) is 24.1 Å². The van der Waals surface area contributed by atoms with Gasteiger partial charge >= 0.3 is 0 Å². The van der Waals surface area contributed by atoms with E-state index in [2.05, 4.69) is 22.3 Å². The lowest BCUT2D eigenvalue weighted by Gasteiger charge is -2.35. The van der Waals surface area contributed by atoms with Gasteiger partial charge in [-0.25, -0.2) is 4.39 Å². The molecular weight excluding hydrogens is 291 g/mol. The smallest absolute Gasteiger partial charge is 0.251 e. The van der Waals surface area contributed by atoms with Crippen molar-refractivity contribution in [1.29, 1.82) is 0 Å². The van der Waals surface area contributed by atoms with Gasteiger partial charge in [0.05, 0.1) is 6.04 Å². The zero-order valence-electron chi connectivity index (χ0n) is 13.0. The number of nitrogens with one attached hydrogen (secondary N) is 1. The summed E-state index contributed by atoms with van der Waals surface area (Å²) in [6.45, 7) is 1.89. The Hall–Kier alpha value is -2.20. The van der Waals surface area contributed by atoms with Gasteiger partial charge < -0.3 is 5.32 Å². The third kappa shape index (κ3) is 4.17. The van der Waals surface area contributed by atoms with Gasteiger partial charge in [0.1, 0.15) is 6.17 Å². The topological polar surface area (TPSA) is 32.3 Å². The summed E-state index contributed by atoms with van der Waals surface area (Å²) >= 11 is 0. The maximum absolute atomic E-state index is 14.4. The van der Waals surface area contributed by atoms with Gasteiger partial charge in [0.15, 0.2) is 0 Å². The summed E-state index contributed by atoms with van der Waals surface area (Å²) in [5, 5.41) is 2.83. The largest absolute Gasteiger partial charge is 0.346 e. The minimum absolute atomic E-state index is 0.199. The van der Waals surface area contributed by atoms with Crippen molar-refractivity contribution in [2.75, 3.05) is 13.1 Å². The molecule has 0 aromatic heterocycles. The molecule has 23 heavy (non-hydrogen) atoms. The molecule has 1 saturated heterocycles. The zero-order chi connectivity index (χ0) is 16.1. The number of carbonyl (C=O) groups excluding carboxylic acids is 1. The van der Waals surface area contributed by atoms with Crippen LogP contribution in [0.4, 0.5) is 4.39 Å². The Morgan fingerprint density at radius 1 is 1.09 bits per heavy atom. The van der Waals surface area contributed by atoms with Crippen molar-refractivity contribution in [3.05, 3.63) is 71.8 Å². The summed E-state index contributed by atoms with van der Waals surface area (Å²) in [6, 6.07) is 18.6. The van der Waals surface area contributed by atoms with Crippen LogP contribution in [-0.2, 0) is 6.54 Å². The fourth-order valence-electron chi connectivity index (χ4n) is 2.96. The second kappa shape index (κ2) is 7.38.